The summed E-state index contributed by atoms with van der Waals surface area (Å²) in [7, 11) is -12.0. The number of hydrogen-bond donors (Lipinski definition) is 3. The van der Waals surface area contributed by atoms with Crippen LogP contribution in [0.1, 0.15) is 6.23 Å². The second-order valence-corrected chi connectivity index (χ2v) is 11.0. The van der Waals surface area contributed by atoms with Crippen LogP contribution in [0.2, 0.25) is 0 Å². The molecule has 0 aliphatic carbocycles. The molecule has 1 aliphatic heterocycles. The standard InChI is InChI=1S/C9H15N2O14P3S.4Na/c12-5-1-2-11(9(15)10-5)8-7(14)6(13)4(23-8)3-22-28(21,29)25-27(19,20)24-26(16,17)18;;;;/h1-2,4,6-8,13-14H,3H2,(H,19,20)(H,21,29)(H,10,12,15)(H2,16,17,18);;;;/q;4*+1/p-4/t4-,6-,7-,8-,28?;;;;/m1..../s1. The van der Waals surface area contributed by atoms with E-state index in [1.165, 1.54) is 0 Å². The molecular weight excluding hydrogens is 577 g/mol. The fourth-order valence-corrected chi connectivity index (χ4v) is 5.96. The van der Waals surface area contributed by atoms with Crippen LogP contribution in [0.4, 0.5) is 0 Å². The van der Waals surface area contributed by atoms with Crippen molar-refractivity contribution in [3.63, 3.8) is 0 Å². The molecule has 0 spiro atoms. The van der Waals surface area contributed by atoms with Gasteiger partial charge in [0.25, 0.3) is 13.4 Å². The second-order valence-electron chi connectivity index (χ2n) is 5.36. The van der Waals surface area contributed by atoms with Gasteiger partial charge in [0.05, 0.1) is 14.4 Å². The number of aromatic amines is 1. The van der Waals surface area contributed by atoms with Gasteiger partial charge in [-0.25, -0.2) is 4.79 Å². The van der Waals surface area contributed by atoms with Crippen molar-refractivity contribution in [2.24, 2.45) is 0 Å². The van der Waals surface area contributed by atoms with E-state index < -0.39 is 64.8 Å². The van der Waals surface area contributed by atoms with E-state index in [2.05, 4.69) is 25.0 Å². The van der Waals surface area contributed by atoms with E-state index in [9.17, 15) is 48.5 Å². The zero-order valence-corrected chi connectivity index (χ0v) is 29.2. The topological polar surface area (TPSA) is 259 Å². The Morgan fingerprint density at radius 2 is 1.61 bits per heavy atom. The van der Waals surface area contributed by atoms with Crippen LogP contribution in [0, 0.1) is 0 Å². The number of nitrogens with one attached hydrogen (secondary N) is 1. The fourth-order valence-electron chi connectivity index (χ4n) is 2.17. The normalized spacial score (nSPS) is 25.8. The maximum absolute atomic E-state index is 11.8. The van der Waals surface area contributed by atoms with Gasteiger partial charge in [-0.1, -0.05) is 11.8 Å². The molecule has 166 valence electrons. The van der Waals surface area contributed by atoms with Crippen LogP contribution in [0.3, 0.4) is 0 Å². The summed E-state index contributed by atoms with van der Waals surface area (Å²) in [5.41, 5.74) is -1.73. The quantitative estimate of drug-likeness (QED) is 0.188. The first-order valence-corrected chi connectivity index (χ1v) is 12.6. The molecule has 0 radical (unpaired) electrons. The number of hydrogen-bond acceptors (Lipinski definition) is 15. The van der Waals surface area contributed by atoms with Crippen LogP contribution in [0.5, 0.6) is 0 Å². The molecule has 2 heterocycles. The Balaban J connectivity index is -0.00000225. The number of aliphatic hydroxyl groups excluding tert-OH is 2. The Morgan fingerprint density at radius 1 is 1.06 bits per heavy atom. The zero-order valence-electron chi connectivity index (χ0n) is 17.7. The van der Waals surface area contributed by atoms with Crippen molar-refractivity contribution < 1.29 is 175 Å². The Kier molecular flexibility index (Phi) is 20.4. The molecule has 16 nitrogen and oxygen atoms in total. The molecule has 1 fully saturated rings. The van der Waals surface area contributed by atoms with Crippen molar-refractivity contribution in [1.29, 1.82) is 0 Å². The molecule has 0 amide bonds. The van der Waals surface area contributed by atoms with E-state index in [4.69, 9.17) is 4.74 Å². The van der Waals surface area contributed by atoms with Gasteiger partial charge in [0.15, 0.2) is 6.23 Å². The van der Waals surface area contributed by atoms with Crippen molar-refractivity contribution in [2.45, 2.75) is 24.5 Å². The Morgan fingerprint density at radius 3 is 2.09 bits per heavy atom. The second kappa shape index (κ2) is 16.5. The molecule has 0 bridgehead atoms. The molecular formula is C9H11N2Na4O14P3S. The number of nitrogens with zero attached hydrogens (tertiary/aromatic N) is 1. The summed E-state index contributed by atoms with van der Waals surface area (Å²) in [4.78, 5) is 68.3. The SMILES string of the molecule is O=c1ccn([C@@H]2O[C@H](COP([O-])(=S)OP(=O)([O-])OP(=O)([O-])[O-])[C@@H](O)[C@H]2O)c(=O)[nH]1.[Na+].[Na+].[Na+].[Na+]. The molecule has 0 saturated carbocycles. The van der Waals surface area contributed by atoms with E-state index in [-0.39, 0.29) is 118 Å². The van der Waals surface area contributed by atoms with Crippen molar-refractivity contribution in [2.75, 3.05) is 6.61 Å². The minimum absolute atomic E-state index is 0. The van der Waals surface area contributed by atoms with Gasteiger partial charge in [-0.3, -0.25) is 27.5 Å². The third kappa shape index (κ3) is 13.3. The number of rotatable bonds is 8. The molecule has 6 atom stereocenters. The van der Waals surface area contributed by atoms with Crippen molar-refractivity contribution >= 4 is 34.2 Å². The first kappa shape index (κ1) is 40.9. The predicted molar refractivity (Wildman–Crippen MR) is 84.9 cm³/mol. The van der Waals surface area contributed by atoms with Gasteiger partial charge < -0.3 is 43.6 Å². The molecule has 1 saturated heterocycles. The summed E-state index contributed by atoms with van der Waals surface area (Å²) >= 11 is 4.21. The van der Waals surface area contributed by atoms with Crippen molar-refractivity contribution in [3.05, 3.63) is 33.1 Å². The fraction of sp³-hybridized carbons (Fsp3) is 0.556. The maximum Gasteiger partial charge on any atom is 1.00 e. The maximum atomic E-state index is 11.8. The smallest absolute Gasteiger partial charge is 0.790 e. The Bertz CT molecular complexity index is 1020. The van der Waals surface area contributed by atoms with Gasteiger partial charge in [0, 0.05) is 12.3 Å². The van der Waals surface area contributed by atoms with Crippen LogP contribution in [0.15, 0.2) is 21.9 Å². The van der Waals surface area contributed by atoms with Crippen LogP contribution >= 0.6 is 22.4 Å². The van der Waals surface area contributed by atoms with E-state index in [1.54, 1.807) is 0 Å². The van der Waals surface area contributed by atoms with Gasteiger partial charge in [0.1, 0.15) is 25.0 Å². The summed E-state index contributed by atoms with van der Waals surface area (Å²) in [6.45, 7) is -5.97. The largest absolute Gasteiger partial charge is 1.00 e. The van der Waals surface area contributed by atoms with Gasteiger partial charge in [0.2, 0.25) is 0 Å². The number of aliphatic hydroxyl groups is 2. The van der Waals surface area contributed by atoms with Crippen LogP contribution in [-0.4, -0.2) is 44.7 Å². The van der Waals surface area contributed by atoms with Crippen molar-refractivity contribution in [3.8, 4) is 0 Å². The van der Waals surface area contributed by atoms with Crippen LogP contribution < -0.4 is 149 Å². The molecule has 1 aromatic heterocycles. The summed E-state index contributed by atoms with van der Waals surface area (Å²) in [5, 5.41) is 19.9. The molecule has 2 unspecified atom stereocenters. The monoisotopic (exact) mass is 588 g/mol. The average molecular weight is 588 g/mol. The number of phosphoric acid groups is 2. The van der Waals surface area contributed by atoms with E-state index in [1.807, 2.05) is 4.98 Å². The van der Waals surface area contributed by atoms with Gasteiger partial charge in [-0.2, -0.15) is 0 Å². The third-order valence-electron chi connectivity index (χ3n) is 3.26. The van der Waals surface area contributed by atoms with Crippen LogP contribution in [-0.2, 0) is 38.8 Å². The van der Waals surface area contributed by atoms with Gasteiger partial charge >= 0.3 is 124 Å². The minimum atomic E-state index is -6.06. The molecule has 24 heteroatoms. The Labute approximate surface area is 279 Å². The van der Waals surface area contributed by atoms with E-state index >= 15 is 0 Å². The summed E-state index contributed by atoms with van der Waals surface area (Å²) in [6.07, 6.45) is -5.58. The average Bonchev–Trinajstić information content (AvgIpc) is 2.78. The van der Waals surface area contributed by atoms with Gasteiger partial charge in [-0.05, 0) is 0 Å². The molecule has 1 aromatic rings. The van der Waals surface area contributed by atoms with Gasteiger partial charge in [-0.15, -0.1) is 0 Å². The van der Waals surface area contributed by atoms with E-state index in [0.717, 1.165) is 16.8 Å². The first-order chi connectivity index (χ1) is 13.1. The Hall–Kier alpha value is 3.39. The number of ether oxygens (including phenoxy) is 1. The molecule has 1 aliphatic rings. The molecule has 33 heavy (non-hydrogen) atoms. The molecule has 3 N–H and O–H groups in total. The molecule has 0 aromatic carbocycles. The number of aromatic nitrogens is 2. The summed E-state index contributed by atoms with van der Waals surface area (Å²) in [6, 6.07) is 0.926. The first-order valence-electron chi connectivity index (χ1n) is 7.15. The van der Waals surface area contributed by atoms with Crippen LogP contribution in [0.25, 0.3) is 0 Å². The molecule has 2 rings (SSSR count). The summed E-state index contributed by atoms with van der Waals surface area (Å²) < 4.78 is 38.7. The van der Waals surface area contributed by atoms with E-state index in [0.29, 0.717) is 0 Å². The predicted octanol–water partition coefficient (Wildman–Crippen LogP) is -16.9. The number of H-pyrrole nitrogens is 1. The van der Waals surface area contributed by atoms with Crippen molar-refractivity contribution in [1.82, 2.24) is 9.55 Å². The zero-order chi connectivity index (χ0) is 22.2. The third-order valence-corrected chi connectivity index (χ3v) is 7.84. The minimum Gasteiger partial charge on any atom is -0.790 e. The summed E-state index contributed by atoms with van der Waals surface area (Å²) in [5.74, 6) is 0.